The second-order valence-electron chi connectivity index (χ2n) is 3.88. The molecule has 0 bridgehead atoms. The number of hydrogen-bond donors (Lipinski definition) is 1. The van der Waals surface area contributed by atoms with E-state index in [4.69, 9.17) is 21.9 Å². The van der Waals surface area contributed by atoms with Crippen molar-refractivity contribution in [1.82, 2.24) is 5.16 Å². The van der Waals surface area contributed by atoms with E-state index in [0.29, 0.717) is 5.02 Å². The number of hydrogen-bond acceptors (Lipinski definition) is 4. The summed E-state index contributed by atoms with van der Waals surface area (Å²) in [6, 6.07) is 9.43. The highest BCUT2D eigenvalue weighted by Gasteiger charge is 2.20. The van der Waals surface area contributed by atoms with Crippen LogP contribution in [-0.4, -0.2) is 5.16 Å². The molecule has 0 radical (unpaired) electrons. The van der Waals surface area contributed by atoms with E-state index in [9.17, 15) is 0 Å². The van der Waals surface area contributed by atoms with Crippen LogP contribution in [0.5, 0.6) is 0 Å². The molecule has 0 fully saturated rings. The summed E-state index contributed by atoms with van der Waals surface area (Å²) in [5, 5.41) is 6.69. The van der Waals surface area contributed by atoms with Gasteiger partial charge in [-0.3, -0.25) is 0 Å². The van der Waals surface area contributed by atoms with Crippen molar-refractivity contribution in [2.24, 2.45) is 0 Å². The minimum atomic E-state index is 0.289. The summed E-state index contributed by atoms with van der Waals surface area (Å²) in [4.78, 5) is 0.982. The van der Waals surface area contributed by atoms with Gasteiger partial charge >= 0.3 is 0 Å². The zero-order valence-electron chi connectivity index (χ0n) is 9.56. The molecule has 3 aromatic rings. The molecule has 96 valence electrons. The van der Waals surface area contributed by atoms with Gasteiger partial charge in [-0.25, -0.2) is 0 Å². The maximum Gasteiger partial charge on any atom is 0.230 e. The van der Waals surface area contributed by atoms with E-state index < -0.39 is 0 Å². The highest BCUT2D eigenvalue weighted by atomic mass is 79.9. The lowest BCUT2D eigenvalue weighted by atomic mass is 10.1. The first-order valence-electron chi connectivity index (χ1n) is 5.41. The number of nitrogens with two attached hydrogens (primary N) is 1. The van der Waals surface area contributed by atoms with Gasteiger partial charge in [0.2, 0.25) is 5.88 Å². The molecule has 0 aliphatic rings. The van der Waals surface area contributed by atoms with Gasteiger partial charge in [0.15, 0.2) is 0 Å². The second-order valence-corrected chi connectivity index (χ2v) is 6.09. The standard InChI is InChI=1S/C13H8BrClN2OS/c14-9-4-5-19-12(9)11-10(13(16)18-17-11)7-2-1-3-8(15)6-7/h1-6H,16H2. The summed E-state index contributed by atoms with van der Waals surface area (Å²) in [5.41, 5.74) is 8.28. The van der Waals surface area contributed by atoms with Crippen LogP contribution in [0.4, 0.5) is 5.88 Å². The Labute approximate surface area is 127 Å². The first-order chi connectivity index (χ1) is 9.16. The third kappa shape index (κ3) is 2.29. The predicted molar refractivity (Wildman–Crippen MR) is 82.4 cm³/mol. The minimum absolute atomic E-state index is 0.289. The van der Waals surface area contributed by atoms with Gasteiger partial charge in [-0.2, -0.15) is 0 Å². The van der Waals surface area contributed by atoms with Gasteiger partial charge < -0.3 is 10.3 Å². The van der Waals surface area contributed by atoms with Gasteiger partial charge in [0.05, 0.1) is 10.4 Å². The number of halogens is 2. The van der Waals surface area contributed by atoms with Crippen molar-refractivity contribution >= 4 is 44.8 Å². The molecule has 3 rings (SSSR count). The Hall–Kier alpha value is -1.30. The largest absolute Gasteiger partial charge is 0.367 e. The number of benzene rings is 1. The summed E-state index contributed by atoms with van der Waals surface area (Å²) >= 11 is 11.1. The lowest BCUT2D eigenvalue weighted by Gasteiger charge is -2.02. The SMILES string of the molecule is Nc1onc(-c2sccc2Br)c1-c1cccc(Cl)c1. The first kappa shape index (κ1) is 12.7. The number of rotatable bonds is 2. The predicted octanol–water partition coefficient (Wildman–Crippen LogP) is 5.07. The first-order valence-corrected chi connectivity index (χ1v) is 7.46. The van der Waals surface area contributed by atoms with Crippen molar-refractivity contribution in [3.8, 4) is 21.7 Å². The zero-order chi connectivity index (χ0) is 13.4. The summed E-state index contributed by atoms with van der Waals surface area (Å²) in [5.74, 6) is 0.289. The molecule has 0 spiro atoms. The molecule has 0 aliphatic carbocycles. The summed E-state index contributed by atoms with van der Waals surface area (Å²) in [6.07, 6.45) is 0. The Balaban J connectivity index is 2.22. The van der Waals surface area contributed by atoms with Gasteiger partial charge in [-0.15, -0.1) is 11.3 Å². The van der Waals surface area contributed by atoms with Crippen molar-refractivity contribution in [1.29, 1.82) is 0 Å². The second kappa shape index (κ2) is 5.00. The third-order valence-electron chi connectivity index (χ3n) is 2.66. The van der Waals surface area contributed by atoms with Crippen LogP contribution in [-0.2, 0) is 0 Å². The molecule has 3 nitrogen and oxygen atoms in total. The fourth-order valence-electron chi connectivity index (χ4n) is 1.84. The molecular weight excluding hydrogens is 348 g/mol. The van der Waals surface area contributed by atoms with E-state index in [1.54, 1.807) is 11.3 Å². The van der Waals surface area contributed by atoms with Crippen molar-refractivity contribution in [3.63, 3.8) is 0 Å². The van der Waals surface area contributed by atoms with Crippen LogP contribution in [0.2, 0.25) is 5.02 Å². The summed E-state index contributed by atoms with van der Waals surface area (Å²) in [7, 11) is 0. The number of thiophene rings is 1. The highest BCUT2D eigenvalue weighted by molar-refractivity contribution is 9.10. The Morgan fingerprint density at radius 2 is 2.16 bits per heavy atom. The molecule has 0 unspecified atom stereocenters. The number of nitrogens with zero attached hydrogens (tertiary/aromatic N) is 1. The Kier molecular flexibility index (Phi) is 3.35. The Bertz CT molecular complexity index is 738. The fourth-order valence-corrected chi connectivity index (χ4v) is 3.58. The average molecular weight is 356 g/mol. The molecule has 2 aromatic heterocycles. The average Bonchev–Trinajstić information content (AvgIpc) is 2.95. The van der Waals surface area contributed by atoms with E-state index in [2.05, 4.69) is 21.1 Å². The molecule has 0 amide bonds. The molecule has 0 atom stereocenters. The molecule has 6 heteroatoms. The van der Waals surface area contributed by atoms with Crippen LogP contribution in [0.15, 0.2) is 44.7 Å². The van der Waals surface area contributed by atoms with E-state index in [1.165, 1.54) is 0 Å². The van der Waals surface area contributed by atoms with Crippen molar-refractivity contribution in [2.75, 3.05) is 5.73 Å². The topological polar surface area (TPSA) is 52.0 Å². The Morgan fingerprint density at radius 1 is 1.32 bits per heavy atom. The molecule has 0 saturated carbocycles. The molecule has 2 heterocycles. The van der Waals surface area contributed by atoms with E-state index in [0.717, 1.165) is 26.2 Å². The lowest BCUT2D eigenvalue weighted by Crippen LogP contribution is -1.87. The van der Waals surface area contributed by atoms with Gasteiger partial charge in [-0.1, -0.05) is 28.9 Å². The van der Waals surface area contributed by atoms with Gasteiger partial charge in [0.1, 0.15) is 5.69 Å². The van der Waals surface area contributed by atoms with Crippen LogP contribution in [0.3, 0.4) is 0 Å². The van der Waals surface area contributed by atoms with Gasteiger partial charge in [-0.05, 0) is 45.1 Å². The van der Waals surface area contributed by atoms with E-state index in [-0.39, 0.29) is 5.88 Å². The van der Waals surface area contributed by atoms with Crippen LogP contribution in [0.1, 0.15) is 0 Å². The normalized spacial score (nSPS) is 10.8. The molecule has 0 saturated heterocycles. The van der Waals surface area contributed by atoms with Crippen molar-refractivity contribution < 1.29 is 4.52 Å². The molecule has 2 N–H and O–H groups in total. The zero-order valence-corrected chi connectivity index (χ0v) is 12.7. The van der Waals surface area contributed by atoms with Crippen LogP contribution in [0.25, 0.3) is 21.7 Å². The van der Waals surface area contributed by atoms with Crippen LogP contribution >= 0.6 is 38.9 Å². The van der Waals surface area contributed by atoms with E-state index in [1.807, 2.05) is 35.7 Å². The quantitative estimate of drug-likeness (QED) is 0.698. The van der Waals surface area contributed by atoms with Gasteiger partial charge in [0, 0.05) is 9.50 Å². The number of nitrogen functional groups attached to an aromatic ring is 1. The maximum atomic E-state index is 6.02. The number of anilines is 1. The van der Waals surface area contributed by atoms with Crippen molar-refractivity contribution in [3.05, 3.63) is 45.2 Å². The molecule has 19 heavy (non-hydrogen) atoms. The molecule has 0 aliphatic heterocycles. The monoisotopic (exact) mass is 354 g/mol. The maximum absolute atomic E-state index is 6.02. The van der Waals surface area contributed by atoms with Crippen LogP contribution in [0, 0.1) is 0 Å². The number of aromatic nitrogens is 1. The van der Waals surface area contributed by atoms with Crippen LogP contribution < -0.4 is 5.73 Å². The Morgan fingerprint density at radius 3 is 2.84 bits per heavy atom. The lowest BCUT2D eigenvalue weighted by molar-refractivity contribution is 0.439. The third-order valence-corrected chi connectivity index (χ3v) is 4.74. The summed E-state index contributed by atoms with van der Waals surface area (Å²) in [6.45, 7) is 0. The van der Waals surface area contributed by atoms with Crippen molar-refractivity contribution in [2.45, 2.75) is 0 Å². The molecule has 1 aromatic carbocycles. The van der Waals surface area contributed by atoms with E-state index >= 15 is 0 Å². The molecular formula is C13H8BrClN2OS. The van der Waals surface area contributed by atoms with Gasteiger partial charge in [0.25, 0.3) is 0 Å². The highest BCUT2D eigenvalue weighted by Crippen LogP contribution is 2.41. The smallest absolute Gasteiger partial charge is 0.230 e. The fraction of sp³-hybridized carbons (Fsp3) is 0. The summed E-state index contributed by atoms with van der Waals surface area (Å²) < 4.78 is 6.11. The minimum Gasteiger partial charge on any atom is -0.367 e.